The molecule has 0 aromatic heterocycles. The highest BCUT2D eigenvalue weighted by Gasteiger charge is 2.25. The Morgan fingerprint density at radius 1 is 1.09 bits per heavy atom. The third-order valence-electron chi connectivity index (χ3n) is 5.00. The van der Waals surface area contributed by atoms with E-state index in [1.54, 1.807) is 36.3 Å². The molecule has 0 radical (unpaired) electrons. The molecule has 0 unspecified atom stereocenters. The van der Waals surface area contributed by atoms with Gasteiger partial charge in [-0.15, -0.1) is 0 Å². The first-order valence-corrected chi connectivity index (χ1v) is 10.4. The molecule has 1 aliphatic rings. The Balaban J connectivity index is 1.58. The third kappa shape index (κ3) is 5.68. The summed E-state index contributed by atoms with van der Waals surface area (Å²) in [4.78, 5) is 28.3. The molecule has 0 saturated carbocycles. The van der Waals surface area contributed by atoms with E-state index in [1.807, 2.05) is 6.07 Å². The summed E-state index contributed by atoms with van der Waals surface area (Å²) >= 11 is 5.88. The second-order valence-electron chi connectivity index (χ2n) is 7.08. The summed E-state index contributed by atoms with van der Waals surface area (Å²) in [6.07, 6.45) is 4.82. The summed E-state index contributed by atoms with van der Waals surface area (Å²) in [5.41, 5.74) is 0.720. The molecule has 168 valence electrons. The molecule has 1 saturated heterocycles. The Labute approximate surface area is 191 Å². The minimum atomic E-state index is -0.614. The second kappa shape index (κ2) is 10.8. The SMILES string of the molecule is C=CCOc1ccc(/C=C/C(=O)N2CCN(C(=O)c3cc(Cl)ccc3F)CC2)cc1OC. The van der Waals surface area contributed by atoms with Gasteiger partial charge in [0.25, 0.3) is 5.91 Å². The van der Waals surface area contributed by atoms with E-state index in [4.69, 9.17) is 21.1 Å². The zero-order valence-corrected chi connectivity index (χ0v) is 18.5. The summed E-state index contributed by atoms with van der Waals surface area (Å²) in [7, 11) is 1.55. The van der Waals surface area contributed by atoms with Gasteiger partial charge in [-0.25, -0.2) is 4.39 Å². The lowest BCUT2D eigenvalue weighted by Crippen LogP contribution is -2.50. The molecule has 1 aliphatic heterocycles. The standard InChI is InChI=1S/C24H24ClFN2O4/c1-3-14-32-21-8-4-17(15-22(21)31-2)5-9-23(29)27-10-12-28(13-11-27)24(30)19-16-18(25)6-7-20(19)26/h3-9,15-16H,1,10-14H2,2H3/b9-5+. The fraction of sp³-hybridized carbons (Fsp3) is 0.250. The second-order valence-corrected chi connectivity index (χ2v) is 7.52. The number of halogens is 2. The van der Waals surface area contributed by atoms with Crippen molar-refractivity contribution in [3.05, 3.63) is 77.1 Å². The van der Waals surface area contributed by atoms with Crippen molar-refractivity contribution in [2.75, 3.05) is 39.9 Å². The Morgan fingerprint density at radius 3 is 2.50 bits per heavy atom. The monoisotopic (exact) mass is 458 g/mol. The van der Waals surface area contributed by atoms with Crippen LogP contribution in [0.15, 0.2) is 55.1 Å². The summed E-state index contributed by atoms with van der Waals surface area (Å²) in [5, 5.41) is 0.297. The molecule has 32 heavy (non-hydrogen) atoms. The highest BCUT2D eigenvalue weighted by molar-refractivity contribution is 6.31. The average Bonchev–Trinajstić information content (AvgIpc) is 2.82. The van der Waals surface area contributed by atoms with Gasteiger partial charge >= 0.3 is 0 Å². The summed E-state index contributed by atoms with van der Waals surface area (Å²) in [5.74, 6) is -0.0673. The van der Waals surface area contributed by atoms with E-state index in [-0.39, 0.29) is 11.5 Å². The summed E-state index contributed by atoms with van der Waals surface area (Å²) in [6.45, 7) is 5.32. The number of hydrogen-bond donors (Lipinski definition) is 0. The highest BCUT2D eigenvalue weighted by Crippen LogP contribution is 2.28. The number of carbonyl (C=O) groups is 2. The van der Waals surface area contributed by atoms with Gasteiger partial charge in [0.05, 0.1) is 12.7 Å². The zero-order valence-electron chi connectivity index (χ0n) is 17.7. The van der Waals surface area contributed by atoms with Crippen LogP contribution >= 0.6 is 11.6 Å². The number of hydrogen-bond acceptors (Lipinski definition) is 4. The Kier molecular flexibility index (Phi) is 7.89. The molecule has 2 aromatic carbocycles. The first-order valence-electron chi connectivity index (χ1n) is 10.1. The maximum atomic E-state index is 14.0. The minimum absolute atomic E-state index is 0.0633. The molecule has 0 aliphatic carbocycles. The van der Waals surface area contributed by atoms with Gasteiger partial charge in [0, 0.05) is 37.3 Å². The van der Waals surface area contributed by atoms with Crippen LogP contribution in [0, 0.1) is 5.82 Å². The summed E-state index contributed by atoms with van der Waals surface area (Å²) in [6, 6.07) is 9.26. The zero-order chi connectivity index (χ0) is 23.1. The largest absolute Gasteiger partial charge is 0.493 e. The quantitative estimate of drug-likeness (QED) is 0.464. The number of ether oxygens (including phenoxy) is 2. The predicted octanol–water partition coefficient (Wildman–Crippen LogP) is 4.05. The van der Waals surface area contributed by atoms with Crippen molar-refractivity contribution < 1.29 is 23.5 Å². The summed E-state index contributed by atoms with van der Waals surface area (Å²) < 4.78 is 24.8. The van der Waals surface area contributed by atoms with Crippen molar-refractivity contribution >= 4 is 29.5 Å². The van der Waals surface area contributed by atoms with Gasteiger partial charge in [0.1, 0.15) is 12.4 Å². The van der Waals surface area contributed by atoms with Crippen LogP contribution < -0.4 is 9.47 Å². The first-order chi connectivity index (χ1) is 15.4. The number of nitrogens with zero attached hydrogens (tertiary/aromatic N) is 2. The molecule has 2 aromatic rings. The first kappa shape index (κ1) is 23.3. The van der Waals surface area contributed by atoms with Gasteiger partial charge in [-0.3, -0.25) is 9.59 Å². The van der Waals surface area contributed by atoms with Crippen LogP contribution in [-0.4, -0.2) is 61.5 Å². The van der Waals surface area contributed by atoms with Crippen LogP contribution in [0.25, 0.3) is 6.08 Å². The number of carbonyl (C=O) groups excluding carboxylic acids is 2. The predicted molar refractivity (Wildman–Crippen MR) is 122 cm³/mol. The fourth-order valence-electron chi connectivity index (χ4n) is 3.29. The molecule has 1 fully saturated rings. The van der Waals surface area contributed by atoms with Gasteiger partial charge in [-0.05, 0) is 42.0 Å². The molecule has 6 nitrogen and oxygen atoms in total. The van der Waals surface area contributed by atoms with Crippen LogP contribution in [0.3, 0.4) is 0 Å². The molecule has 0 bridgehead atoms. The van der Waals surface area contributed by atoms with Crippen molar-refractivity contribution in [1.29, 1.82) is 0 Å². The van der Waals surface area contributed by atoms with Crippen molar-refractivity contribution in [2.45, 2.75) is 0 Å². The number of piperazine rings is 1. The van der Waals surface area contributed by atoms with Crippen LogP contribution in [0.1, 0.15) is 15.9 Å². The maximum Gasteiger partial charge on any atom is 0.257 e. The number of amides is 2. The molecule has 8 heteroatoms. The lowest BCUT2D eigenvalue weighted by molar-refractivity contribution is -0.127. The van der Waals surface area contributed by atoms with E-state index < -0.39 is 11.7 Å². The van der Waals surface area contributed by atoms with Crippen molar-refractivity contribution in [1.82, 2.24) is 9.80 Å². The molecule has 3 rings (SSSR count). The number of benzene rings is 2. The van der Waals surface area contributed by atoms with E-state index in [0.29, 0.717) is 49.3 Å². The van der Waals surface area contributed by atoms with E-state index in [1.165, 1.54) is 29.2 Å². The van der Waals surface area contributed by atoms with Crippen molar-refractivity contribution in [2.24, 2.45) is 0 Å². The van der Waals surface area contributed by atoms with Gasteiger partial charge in [0.2, 0.25) is 5.91 Å². The lowest BCUT2D eigenvalue weighted by atomic mass is 10.1. The van der Waals surface area contributed by atoms with E-state index in [0.717, 1.165) is 5.56 Å². The Morgan fingerprint density at radius 2 is 1.81 bits per heavy atom. The smallest absolute Gasteiger partial charge is 0.257 e. The average molecular weight is 459 g/mol. The highest BCUT2D eigenvalue weighted by atomic mass is 35.5. The van der Waals surface area contributed by atoms with Crippen LogP contribution in [-0.2, 0) is 4.79 Å². The topological polar surface area (TPSA) is 59.1 Å². The van der Waals surface area contributed by atoms with Gasteiger partial charge in [-0.2, -0.15) is 0 Å². The van der Waals surface area contributed by atoms with Crippen LogP contribution in [0.4, 0.5) is 4.39 Å². The van der Waals surface area contributed by atoms with E-state index in [9.17, 15) is 14.0 Å². The van der Waals surface area contributed by atoms with Crippen molar-refractivity contribution in [3.63, 3.8) is 0 Å². The Bertz CT molecular complexity index is 1030. The van der Waals surface area contributed by atoms with Crippen molar-refractivity contribution in [3.8, 4) is 11.5 Å². The lowest BCUT2D eigenvalue weighted by Gasteiger charge is -2.34. The van der Waals surface area contributed by atoms with E-state index in [2.05, 4.69) is 6.58 Å². The van der Waals surface area contributed by atoms with Crippen LogP contribution in [0.2, 0.25) is 5.02 Å². The normalized spacial score (nSPS) is 13.8. The molecule has 0 spiro atoms. The molecular weight excluding hydrogens is 435 g/mol. The molecule has 1 heterocycles. The minimum Gasteiger partial charge on any atom is -0.493 e. The van der Waals surface area contributed by atoms with Gasteiger partial charge < -0.3 is 19.3 Å². The third-order valence-corrected chi connectivity index (χ3v) is 5.24. The van der Waals surface area contributed by atoms with Gasteiger partial charge in [-0.1, -0.05) is 30.3 Å². The molecular formula is C24H24ClFN2O4. The van der Waals surface area contributed by atoms with E-state index >= 15 is 0 Å². The fourth-order valence-corrected chi connectivity index (χ4v) is 3.46. The van der Waals surface area contributed by atoms with Gasteiger partial charge in [0.15, 0.2) is 11.5 Å². The maximum absolute atomic E-state index is 14.0. The van der Waals surface area contributed by atoms with Crippen LogP contribution in [0.5, 0.6) is 11.5 Å². The molecule has 2 amide bonds. The Hall–Kier alpha value is -3.32. The molecule has 0 N–H and O–H groups in total. The number of rotatable bonds is 7. The molecule has 0 atom stereocenters. The number of methoxy groups -OCH3 is 1.